The Morgan fingerprint density at radius 3 is 1.61 bits per heavy atom. The Morgan fingerprint density at radius 2 is 1.50 bits per heavy atom. The molecule has 1 saturated heterocycles. The molecule has 1 aliphatic heterocycles. The van der Waals surface area contributed by atoms with Crippen LogP contribution in [0, 0.1) is 0 Å². The second-order valence-corrected chi connectivity index (χ2v) is 3.02. The standard InChI is InChI=1S/C5H3F6NO2.C2H4F2/c6-4(7,8)3(5(9,10)11)12-1-2(13)14-3;1-2(3)4/h12H,1H2;2H,1H3. The lowest BCUT2D eigenvalue weighted by atomic mass is 10.2. The molecule has 0 unspecified atom stereocenters. The first-order valence-corrected chi connectivity index (χ1v) is 4.22. The van der Waals surface area contributed by atoms with Gasteiger partial charge in [0.15, 0.2) is 0 Å². The van der Waals surface area contributed by atoms with Crippen LogP contribution < -0.4 is 5.32 Å². The number of halogens is 8. The highest BCUT2D eigenvalue weighted by molar-refractivity contribution is 5.74. The van der Waals surface area contributed by atoms with Crippen molar-refractivity contribution in [2.45, 2.75) is 31.4 Å². The van der Waals surface area contributed by atoms with Crippen molar-refractivity contribution in [3.63, 3.8) is 0 Å². The van der Waals surface area contributed by atoms with E-state index in [0.29, 0.717) is 0 Å². The lowest BCUT2D eigenvalue weighted by molar-refractivity contribution is -0.369. The monoisotopic (exact) mass is 289 g/mol. The molecule has 108 valence electrons. The first kappa shape index (κ1) is 16.9. The number of hydrogen-bond donors (Lipinski definition) is 1. The number of rotatable bonds is 0. The van der Waals surface area contributed by atoms with E-state index in [-0.39, 0.29) is 0 Å². The van der Waals surface area contributed by atoms with Gasteiger partial charge in [-0.15, -0.1) is 0 Å². The van der Waals surface area contributed by atoms with Crippen LogP contribution >= 0.6 is 0 Å². The largest absolute Gasteiger partial charge is 0.452 e. The van der Waals surface area contributed by atoms with E-state index in [0.717, 1.165) is 12.2 Å². The molecule has 0 radical (unpaired) electrons. The normalized spacial score (nSPS) is 19.3. The first-order valence-electron chi connectivity index (χ1n) is 4.22. The van der Waals surface area contributed by atoms with Crippen molar-refractivity contribution in [3.05, 3.63) is 0 Å². The second-order valence-electron chi connectivity index (χ2n) is 3.02. The maximum atomic E-state index is 12.0. The van der Waals surface area contributed by atoms with Crippen molar-refractivity contribution in [1.29, 1.82) is 0 Å². The number of nitrogens with one attached hydrogen (secondary N) is 1. The number of hydrogen-bond acceptors (Lipinski definition) is 3. The fraction of sp³-hybridized carbons (Fsp3) is 0.857. The van der Waals surface area contributed by atoms with Crippen molar-refractivity contribution in [1.82, 2.24) is 5.32 Å². The van der Waals surface area contributed by atoms with Crippen LogP contribution in [0.3, 0.4) is 0 Å². The van der Waals surface area contributed by atoms with Gasteiger partial charge in [-0.25, -0.2) is 8.78 Å². The van der Waals surface area contributed by atoms with E-state index in [1.807, 2.05) is 0 Å². The number of cyclic esters (lactones) is 1. The number of carbonyl (C=O) groups is 1. The van der Waals surface area contributed by atoms with Crippen LogP contribution in [0.5, 0.6) is 0 Å². The highest BCUT2D eigenvalue weighted by Gasteiger charge is 2.76. The van der Waals surface area contributed by atoms with E-state index in [4.69, 9.17) is 0 Å². The van der Waals surface area contributed by atoms with E-state index in [1.165, 1.54) is 0 Å². The molecule has 0 amide bonds. The summed E-state index contributed by atoms with van der Waals surface area (Å²) in [5.41, 5.74) is -4.56. The maximum absolute atomic E-state index is 12.0. The summed E-state index contributed by atoms with van der Waals surface area (Å²) in [6.45, 7) is -0.293. The molecular weight excluding hydrogens is 282 g/mol. The van der Waals surface area contributed by atoms with Crippen LogP contribution in [0.25, 0.3) is 0 Å². The van der Waals surface area contributed by atoms with Gasteiger partial charge in [-0.1, -0.05) is 0 Å². The Balaban J connectivity index is 0.000000631. The molecule has 0 bridgehead atoms. The molecule has 1 heterocycles. The van der Waals surface area contributed by atoms with Gasteiger partial charge in [-0.3, -0.25) is 10.1 Å². The lowest BCUT2D eigenvalue weighted by Gasteiger charge is -2.31. The van der Waals surface area contributed by atoms with E-state index in [9.17, 15) is 39.9 Å². The van der Waals surface area contributed by atoms with Crippen LogP contribution in [0.15, 0.2) is 0 Å². The average molecular weight is 289 g/mol. The zero-order valence-electron chi connectivity index (χ0n) is 8.62. The van der Waals surface area contributed by atoms with Crippen molar-refractivity contribution < 1.29 is 44.7 Å². The van der Waals surface area contributed by atoms with Gasteiger partial charge in [0.25, 0.3) is 0 Å². The highest BCUT2D eigenvalue weighted by atomic mass is 19.4. The Morgan fingerprint density at radius 1 is 1.17 bits per heavy atom. The topological polar surface area (TPSA) is 38.3 Å². The smallest absolute Gasteiger partial charge is 0.424 e. The Labute approximate surface area is 95.1 Å². The van der Waals surface area contributed by atoms with Crippen LogP contribution in [0.1, 0.15) is 6.92 Å². The molecule has 1 rings (SSSR count). The number of ether oxygens (including phenoxy) is 1. The van der Waals surface area contributed by atoms with Crippen LogP contribution in [-0.2, 0) is 9.53 Å². The first-order chi connectivity index (χ1) is 7.83. The molecule has 0 atom stereocenters. The minimum atomic E-state index is -5.74. The third-order valence-electron chi connectivity index (χ3n) is 1.55. The minimum absolute atomic E-state index is 0.833. The van der Waals surface area contributed by atoms with Crippen LogP contribution in [-0.4, -0.2) is 37.0 Å². The van der Waals surface area contributed by atoms with Gasteiger partial charge in [0, 0.05) is 0 Å². The van der Waals surface area contributed by atoms with E-state index in [2.05, 4.69) is 4.74 Å². The molecule has 0 aliphatic carbocycles. The molecule has 11 heteroatoms. The van der Waals surface area contributed by atoms with Gasteiger partial charge < -0.3 is 4.74 Å². The minimum Gasteiger partial charge on any atom is -0.424 e. The Bertz CT molecular complexity index is 280. The van der Waals surface area contributed by atoms with Crippen molar-refractivity contribution in [2.24, 2.45) is 0 Å². The Hall–Kier alpha value is -1.13. The third-order valence-corrected chi connectivity index (χ3v) is 1.55. The van der Waals surface area contributed by atoms with E-state index in [1.54, 1.807) is 0 Å². The number of alkyl halides is 8. The summed E-state index contributed by atoms with van der Waals surface area (Å²) in [6, 6.07) is 0. The molecule has 18 heavy (non-hydrogen) atoms. The molecule has 3 nitrogen and oxygen atoms in total. The zero-order chi connectivity index (χ0) is 14.8. The van der Waals surface area contributed by atoms with Gasteiger partial charge in [0.2, 0.25) is 6.43 Å². The predicted octanol–water partition coefficient (Wildman–Crippen LogP) is 2.23. The predicted molar refractivity (Wildman–Crippen MR) is 40.6 cm³/mol. The zero-order valence-corrected chi connectivity index (χ0v) is 8.62. The SMILES string of the molecule is CC(F)F.O=C1CNC(C(F)(F)F)(C(F)(F)F)O1. The molecule has 0 aromatic carbocycles. The lowest BCUT2D eigenvalue weighted by Crippen LogP contribution is -2.64. The van der Waals surface area contributed by atoms with E-state index < -0.39 is 37.0 Å². The molecular formula is C7H7F8NO2. The molecule has 1 fully saturated rings. The summed E-state index contributed by atoms with van der Waals surface area (Å²) >= 11 is 0. The van der Waals surface area contributed by atoms with Gasteiger partial charge >= 0.3 is 24.0 Å². The average Bonchev–Trinajstić information content (AvgIpc) is 2.44. The summed E-state index contributed by atoms with van der Waals surface area (Å²) in [7, 11) is 0. The van der Waals surface area contributed by atoms with Gasteiger partial charge in [0.1, 0.15) is 0 Å². The molecule has 1 N–H and O–H groups in total. The van der Waals surface area contributed by atoms with Crippen molar-refractivity contribution >= 4 is 5.97 Å². The number of esters is 1. The highest BCUT2D eigenvalue weighted by Crippen LogP contribution is 2.45. The summed E-state index contributed by atoms with van der Waals surface area (Å²) in [6.07, 6.45) is -13.6. The summed E-state index contributed by atoms with van der Waals surface area (Å²) in [5.74, 6) is -1.60. The van der Waals surface area contributed by atoms with E-state index >= 15 is 0 Å². The Kier molecular flexibility index (Phi) is 4.91. The molecule has 0 aromatic rings. The summed E-state index contributed by atoms with van der Waals surface area (Å²) in [4.78, 5) is 10.3. The number of carbonyl (C=O) groups excluding carboxylic acids is 1. The molecule has 1 aliphatic rings. The van der Waals surface area contributed by atoms with Gasteiger partial charge in [-0.2, -0.15) is 26.3 Å². The van der Waals surface area contributed by atoms with Crippen molar-refractivity contribution in [3.8, 4) is 0 Å². The van der Waals surface area contributed by atoms with Crippen LogP contribution in [0.4, 0.5) is 35.1 Å². The summed E-state index contributed by atoms with van der Waals surface area (Å²) < 4.78 is 96.1. The third kappa shape index (κ3) is 3.68. The molecule has 0 saturated carbocycles. The quantitative estimate of drug-likeness (QED) is 0.549. The fourth-order valence-electron chi connectivity index (χ4n) is 0.916. The maximum Gasteiger partial charge on any atom is 0.452 e. The molecule has 0 spiro atoms. The summed E-state index contributed by atoms with van der Waals surface area (Å²) in [5, 5.41) is 0.978. The fourth-order valence-corrected chi connectivity index (χ4v) is 0.916. The van der Waals surface area contributed by atoms with Gasteiger partial charge in [0.05, 0.1) is 6.54 Å². The van der Waals surface area contributed by atoms with Gasteiger partial charge in [-0.05, 0) is 6.92 Å². The van der Waals surface area contributed by atoms with Crippen LogP contribution in [0.2, 0.25) is 0 Å². The molecule has 0 aromatic heterocycles. The van der Waals surface area contributed by atoms with Crippen molar-refractivity contribution in [2.75, 3.05) is 6.54 Å². The second kappa shape index (κ2) is 5.24.